The van der Waals surface area contributed by atoms with Crippen molar-refractivity contribution in [3.8, 4) is 0 Å². The van der Waals surface area contributed by atoms with Crippen molar-refractivity contribution in [2.75, 3.05) is 12.3 Å². The largest absolute Gasteiger partial charge is 0.469 e. The van der Waals surface area contributed by atoms with Crippen LogP contribution in [0.5, 0.6) is 0 Å². The van der Waals surface area contributed by atoms with Crippen LogP contribution in [-0.4, -0.2) is 64.4 Å². The summed E-state index contributed by atoms with van der Waals surface area (Å²) in [5, 5.41) is 20.1. The lowest BCUT2D eigenvalue weighted by molar-refractivity contribution is -0.0503. The summed E-state index contributed by atoms with van der Waals surface area (Å²) in [6.45, 7) is -0.691. The van der Waals surface area contributed by atoms with Gasteiger partial charge in [-0.15, -0.1) is 0 Å². The van der Waals surface area contributed by atoms with Crippen molar-refractivity contribution in [1.29, 1.82) is 0 Å². The summed E-state index contributed by atoms with van der Waals surface area (Å²) in [7, 11) is -4.80. The molecular formula is C10H14N5O8P. The Morgan fingerprint density at radius 3 is 2.88 bits per heavy atom. The lowest BCUT2D eigenvalue weighted by atomic mass is 10.1. The number of hydrogen-bond acceptors (Lipinski definition) is 9. The zero-order valence-corrected chi connectivity index (χ0v) is 12.7. The zero-order valence-electron chi connectivity index (χ0n) is 12.8. The molecule has 24 heavy (non-hydrogen) atoms. The van der Waals surface area contributed by atoms with E-state index in [2.05, 4.69) is 14.5 Å². The fourth-order valence-electron chi connectivity index (χ4n) is 2.36. The van der Waals surface area contributed by atoms with Crippen LogP contribution in [-0.2, 0) is 13.8 Å². The maximum absolute atomic E-state index is 11.8. The van der Waals surface area contributed by atoms with E-state index in [0.717, 1.165) is 10.9 Å². The van der Waals surface area contributed by atoms with Gasteiger partial charge in [0.05, 0.1) is 12.9 Å². The van der Waals surface area contributed by atoms with Gasteiger partial charge in [0.2, 0.25) is 5.95 Å². The van der Waals surface area contributed by atoms with Gasteiger partial charge in [-0.25, -0.2) is 9.55 Å². The third-order valence-corrected chi connectivity index (χ3v) is 3.91. The average Bonchev–Trinajstić information content (AvgIpc) is 3.06. The Bertz CT molecular complexity index is 911. The number of imidazole rings is 1. The predicted molar refractivity (Wildman–Crippen MR) is 76.5 cm³/mol. The highest BCUT2D eigenvalue weighted by Gasteiger charge is 2.45. The van der Waals surface area contributed by atoms with Gasteiger partial charge in [0.15, 0.2) is 13.2 Å². The Balaban J connectivity index is 1.96. The number of aliphatic hydroxyl groups is 2. The van der Waals surface area contributed by atoms with Crippen LogP contribution < -0.4 is 11.3 Å². The first-order chi connectivity index (χ1) is 11.6. The molecule has 2 aromatic heterocycles. The summed E-state index contributed by atoms with van der Waals surface area (Å²) in [4.78, 5) is 37.0. The molecule has 1 saturated heterocycles. The van der Waals surface area contributed by atoms with Crippen molar-refractivity contribution >= 4 is 24.9 Å². The lowest BCUT2D eigenvalue weighted by Crippen LogP contribution is -2.33. The molecule has 7 N–H and O–H groups in total. The topological polar surface area (TPSA) is 206 Å². The number of nitrogens with two attached hydrogens (primary N) is 1. The number of hydrogen-bond donors (Lipinski definition) is 6. The van der Waals surface area contributed by atoms with E-state index < -0.39 is 50.5 Å². The second-order valence-corrected chi connectivity index (χ2v) is 6.28. The number of nitrogens with zero attached hydrogens (tertiary/aromatic N) is 3. The first kappa shape index (κ1) is 15.7. The van der Waals surface area contributed by atoms with Gasteiger partial charge in [-0.05, 0) is 0 Å². The van der Waals surface area contributed by atoms with Crippen LogP contribution in [0.4, 0.5) is 5.95 Å². The molecule has 0 amide bonds. The molecule has 0 saturated carbocycles. The second-order valence-electron chi connectivity index (χ2n) is 5.04. The fourth-order valence-corrected chi connectivity index (χ4v) is 2.70. The lowest BCUT2D eigenvalue weighted by Gasteiger charge is -2.16. The fraction of sp³-hybridized carbons (Fsp3) is 0.500. The number of nitrogens with one attached hydrogen (secondary N) is 1. The van der Waals surface area contributed by atoms with Gasteiger partial charge in [0.25, 0.3) is 0 Å². The number of nitrogen functional groups attached to an aromatic ring is 1. The molecule has 1 fully saturated rings. The number of ether oxygens (including phenoxy) is 1. The predicted octanol–water partition coefficient (Wildman–Crippen LogP) is -2.57. The first-order valence-electron chi connectivity index (χ1n) is 7.01. The molecule has 4 atom stereocenters. The van der Waals surface area contributed by atoms with Crippen LogP contribution in [0.2, 0.25) is 1.41 Å². The van der Waals surface area contributed by atoms with E-state index in [9.17, 15) is 19.6 Å². The van der Waals surface area contributed by atoms with Gasteiger partial charge in [0.1, 0.15) is 24.0 Å². The van der Waals surface area contributed by atoms with Crippen LogP contribution in [0.15, 0.2) is 11.1 Å². The minimum atomic E-state index is -4.80. The minimum Gasteiger partial charge on any atom is -0.387 e. The number of anilines is 1. The van der Waals surface area contributed by atoms with Crippen LogP contribution in [0.1, 0.15) is 6.23 Å². The summed E-state index contributed by atoms with van der Waals surface area (Å²) in [6, 6.07) is 0. The minimum absolute atomic E-state index is 0.134. The molecule has 2 aromatic rings. The Morgan fingerprint density at radius 2 is 2.21 bits per heavy atom. The molecule has 0 bridgehead atoms. The molecule has 1 aliphatic rings. The molecule has 0 radical (unpaired) electrons. The third-order valence-electron chi connectivity index (χ3n) is 3.43. The van der Waals surface area contributed by atoms with E-state index in [-0.39, 0.29) is 11.2 Å². The van der Waals surface area contributed by atoms with Gasteiger partial charge in [-0.2, -0.15) is 4.98 Å². The monoisotopic (exact) mass is 364 g/mol. The van der Waals surface area contributed by atoms with Crippen molar-refractivity contribution in [3.05, 3.63) is 16.7 Å². The number of fused-ring (bicyclic) bond motifs is 1. The molecule has 13 nitrogen and oxygen atoms in total. The number of phosphoric acid groups is 1. The smallest absolute Gasteiger partial charge is 0.387 e. The first-order valence-corrected chi connectivity index (χ1v) is 8.09. The third kappa shape index (κ3) is 3.06. The maximum Gasteiger partial charge on any atom is 0.469 e. The average molecular weight is 364 g/mol. The summed E-state index contributed by atoms with van der Waals surface area (Å²) in [6.07, 6.45) is -4.57. The van der Waals surface area contributed by atoms with Gasteiger partial charge >= 0.3 is 13.4 Å². The van der Waals surface area contributed by atoms with E-state index in [1.54, 1.807) is 0 Å². The molecule has 14 heteroatoms. The number of aromatic amines is 1. The normalized spacial score (nSPS) is 28.4. The molecule has 0 aliphatic carbocycles. The number of aliphatic hydroxyl groups excluding tert-OH is 2. The quantitative estimate of drug-likeness (QED) is 0.311. The number of phosphoric ester groups is 1. The molecule has 0 aromatic carbocycles. The molecular weight excluding hydrogens is 349 g/mol. The van der Waals surface area contributed by atoms with Crippen LogP contribution in [0.3, 0.4) is 0 Å². The Kier molecular flexibility index (Phi) is 3.85. The van der Waals surface area contributed by atoms with E-state index in [4.69, 9.17) is 21.7 Å². The Labute approximate surface area is 134 Å². The summed E-state index contributed by atoms with van der Waals surface area (Å²) < 4.78 is 29.3. The number of rotatable bonds is 4. The maximum atomic E-state index is 11.8. The highest BCUT2D eigenvalue weighted by atomic mass is 31.2. The number of aromatic nitrogens is 4. The summed E-state index contributed by atoms with van der Waals surface area (Å²) >= 11 is 0. The van der Waals surface area contributed by atoms with Crippen molar-refractivity contribution in [1.82, 2.24) is 19.5 Å². The second kappa shape index (κ2) is 5.89. The van der Waals surface area contributed by atoms with Crippen LogP contribution in [0.25, 0.3) is 11.2 Å². The van der Waals surface area contributed by atoms with Crippen molar-refractivity contribution in [2.24, 2.45) is 0 Å². The molecule has 3 rings (SSSR count). The van der Waals surface area contributed by atoms with Gasteiger partial charge in [-0.3, -0.25) is 13.9 Å². The Hall–Kier alpha value is -1.86. The number of H-pyrrole nitrogens is 1. The van der Waals surface area contributed by atoms with Crippen LogP contribution in [0, 0.1) is 0 Å². The van der Waals surface area contributed by atoms with E-state index >= 15 is 0 Å². The highest BCUT2D eigenvalue weighted by Crippen LogP contribution is 2.38. The van der Waals surface area contributed by atoms with Gasteiger partial charge < -0.3 is 35.4 Å². The molecule has 0 spiro atoms. The van der Waals surface area contributed by atoms with E-state index in [0.29, 0.717) is 4.98 Å². The van der Waals surface area contributed by atoms with Gasteiger partial charge in [0, 0.05) is 0 Å². The van der Waals surface area contributed by atoms with Gasteiger partial charge in [-0.1, -0.05) is 0 Å². The summed E-state index contributed by atoms with van der Waals surface area (Å²) in [5.41, 5.74) is 4.34. The van der Waals surface area contributed by atoms with E-state index in [1.807, 2.05) is 0 Å². The molecule has 0 unspecified atom stereocenters. The molecule has 1 aliphatic heterocycles. The van der Waals surface area contributed by atoms with E-state index in [1.165, 1.54) is 0 Å². The molecule has 132 valence electrons. The highest BCUT2D eigenvalue weighted by molar-refractivity contribution is 7.46. The SMILES string of the molecule is [2H]n1c(N)nc(=O)c2ncn([C@@H]3O[C@H](COP(=O)(O)O)[C@@H](O)[C@H]3O)c21. The zero-order chi connectivity index (χ0) is 18.5. The molecule has 3 heterocycles. The Morgan fingerprint density at radius 1 is 1.50 bits per heavy atom. The standard InChI is InChI=1S/C10H14N5O8P/c11-10-13-7-4(8(18)14-10)12-2-15(7)9-6(17)5(16)3(23-9)1-22-24(19,20)21/h2-3,5-6,9,16-17H,1H2,(H2,19,20,21)(H3,11,13,14,18)/t3-,5-,6-,9-/m1/s1/i/hD. The van der Waals surface area contributed by atoms with Crippen molar-refractivity contribution in [3.63, 3.8) is 0 Å². The van der Waals surface area contributed by atoms with Crippen LogP contribution >= 0.6 is 7.82 Å². The van der Waals surface area contributed by atoms with Crippen molar-refractivity contribution in [2.45, 2.75) is 24.5 Å². The summed E-state index contributed by atoms with van der Waals surface area (Å²) in [5.74, 6) is -0.423. The van der Waals surface area contributed by atoms with Crippen molar-refractivity contribution < 1.29 is 35.2 Å².